The molecule has 3 nitrogen and oxygen atoms in total. The second kappa shape index (κ2) is 8.60. The summed E-state index contributed by atoms with van der Waals surface area (Å²) in [6.45, 7) is 1.73. The molecule has 0 heterocycles. The highest BCUT2D eigenvalue weighted by molar-refractivity contribution is 7.98. The maximum absolute atomic E-state index is 5.75. The van der Waals surface area contributed by atoms with E-state index in [1.54, 1.807) is 11.8 Å². The van der Waals surface area contributed by atoms with Crippen molar-refractivity contribution < 1.29 is 9.47 Å². The van der Waals surface area contributed by atoms with Gasteiger partial charge in [0.15, 0.2) is 0 Å². The molecule has 21 heavy (non-hydrogen) atoms. The van der Waals surface area contributed by atoms with Crippen LogP contribution in [-0.2, 0) is 6.42 Å². The van der Waals surface area contributed by atoms with Crippen LogP contribution in [-0.4, -0.2) is 26.0 Å². The molecule has 0 bridgehead atoms. The van der Waals surface area contributed by atoms with Crippen LogP contribution in [0.5, 0.6) is 11.5 Å². The van der Waals surface area contributed by atoms with E-state index in [4.69, 9.17) is 15.2 Å². The maximum Gasteiger partial charge on any atom is 0.133 e. The van der Waals surface area contributed by atoms with Gasteiger partial charge in [-0.05, 0) is 49.1 Å². The average molecular weight is 303 g/mol. The predicted molar refractivity (Wildman–Crippen MR) is 88.4 cm³/mol. The van der Waals surface area contributed by atoms with Gasteiger partial charge < -0.3 is 15.2 Å². The van der Waals surface area contributed by atoms with Crippen molar-refractivity contribution in [3.05, 3.63) is 54.1 Å². The fourth-order valence-corrected chi connectivity index (χ4v) is 2.51. The Kier molecular flexibility index (Phi) is 6.44. The molecule has 112 valence electrons. The molecular formula is C17H21NO2S. The third-order valence-corrected chi connectivity index (χ3v) is 3.81. The third-order valence-electron chi connectivity index (χ3n) is 3.04. The monoisotopic (exact) mass is 303 g/mol. The summed E-state index contributed by atoms with van der Waals surface area (Å²) in [7, 11) is 0. The lowest BCUT2D eigenvalue weighted by molar-refractivity contribution is 0.214. The molecule has 0 aliphatic carbocycles. The second-order valence-corrected chi connectivity index (χ2v) is 5.38. The minimum absolute atomic E-state index is 0.527. The van der Waals surface area contributed by atoms with Gasteiger partial charge in [-0.1, -0.05) is 24.3 Å². The summed E-state index contributed by atoms with van der Waals surface area (Å²) in [4.78, 5) is 1.14. The fraction of sp³-hybridized carbons (Fsp3) is 0.294. The molecule has 0 aromatic heterocycles. The zero-order valence-corrected chi connectivity index (χ0v) is 13.1. The van der Waals surface area contributed by atoms with E-state index >= 15 is 0 Å². The number of nitrogens with two attached hydrogens (primary N) is 1. The molecular weight excluding hydrogens is 282 g/mol. The van der Waals surface area contributed by atoms with Crippen molar-refractivity contribution in [3.63, 3.8) is 0 Å². The van der Waals surface area contributed by atoms with Crippen LogP contribution >= 0.6 is 11.8 Å². The van der Waals surface area contributed by atoms with Crippen LogP contribution in [0.15, 0.2) is 53.4 Å². The van der Waals surface area contributed by atoms with Gasteiger partial charge in [-0.25, -0.2) is 0 Å². The Labute approximate surface area is 130 Å². The average Bonchev–Trinajstić information content (AvgIpc) is 2.54. The van der Waals surface area contributed by atoms with Crippen molar-refractivity contribution in [2.75, 3.05) is 26.0 Å². The van der Waals surface area contributed by atoms with Crippen LogP contribution in [0.1, 0.15) is 5.56 Å². The smallest absolute Gasteiger partial charge is 0.133 e. The summed E-state index contributed by atoms with van der Waals surface area (Å²) in [5, 5.41) is 0. The van der Waals surface area contributed by atoms with Crippen molar-refractivity contribution >= 4 is 11.8 Å². The molecule has 0 saturated heterocycles. The molecule has 0 amide bonds. The molecule has 2 N–H and O–H groups in total. The molecule has 0 aliphatic heterocycles. The number of hydrogen-bond acceptors (Lipinski definition) is 4. The first-order valence-electron chi connectivity index (χ1n) is 7.01. The highest BCUT2D eigenvalue weighted by Crippen LogP contribution is 2.26. The van der Waals surface area contributed by atoms with Gasteiger partial charge >= 0.3 is 0 Å². The molecule has 0 spiro atoms. The molecule has 2 aromatic carbocycles. The summed E-state index contributed by atoms with van der Waals surface area (Å²) < 4.78 is 11.4. The van der Waals surface area contributed by atoms with E-state index in [1.807, 2.05) is 48.7 Å². The first-order valence-corrected chi connectivity index (χ1v) is 8.23. The van der Waals surface area contributed by atoms with E-state index in [0.29, 0.717) is 19.8 Å². The number of rotatable bonds is 8. The van der Waals surface area contributed by atoms with Crippen molar-refractivity contribution in [2.45, 2.75) is 11.3 Å². The Hall–Kier alpha value is -1.65. The van der Waals surface area contributed by atoms with E-state index in [0.717, 1.165) is 22.8 Å². The van der Waals surface area contributed by atoms with Crippen LogP contribution in [0.4, 0.5) is 0 Å². The lowest BCUT2D eigenvalue weighted by atomic mass is 10.1. The first kappa shape index (κ1) is 15.7. The quantitative estimate of drug-likeness (QED) is 0.600. The normalized spacial score (nSPS) is 10.4. The maximum atomic E-state index is 5.75. The van der Waals surface area contributed by atoms with Gasteiger partial charge in [-0.15, -0.1) is 11.8 Å². The second-order valence-electron chi connectivity index (χ2n) is 4.53. The van der Waals surface area contributed by atoms with Gasteiger partial charge in [0.05, 0.1) is 0 Å². The van der Waals surface area contributed by atoms with Crippen LogP contribution in [0.3, 0.4) is 0 Å². The molecule has 0 radical (unpaired) electrons. The van der Waals surface area contributed by atoms with Gasteiger partial charge in [0.2, 0.25) is 0 Å². The minimum Gasteiger partial charge on any atom is -0.490 e. The number of para-hydroxylation sites is 1. The van der Waals surface area contributed by atoms with Gasteiger partial charge in [0.25, 0.3) is 0 Å². The molecule has 0 unspecified atom stereocenters. The van der Waals surface area contributed by atoms with E-state index in [2.05, 4.69) is 6.07 Å². The third kappa shape index (κ3) is 4.99. The van der Waals surface area contributed by atoms with E-state index in [9.17, 15) is 0 Å². The summed E-state index contributed by atoms with van der Waals surface area (Å²) in [5.74, 6) is 1.77. The van der Waals surface area contributed by atoms with Crippen molar-refractivity contribution in [1.29, 1.82) is 0 Å². The lowest BCUT2D eigenvalue weighted by Crippen LogP contribution is -2.09. The SMILES string of the molecule is CSc1ccccc1OCCOc1ccc(CCN)cc1. The van der Waals surface area contributed by atoms with Gasteiger partial charge in [-0.2, -0.15) is 0 Å². The zero-order chi connectivity index (χ0) is 14.9. The van der Waals surface area contributed by atoms with E-state index in [1.165, 1.54) is 5.56 Å². The summed E-state index contributed by atoms with van der Waals surface area (Å²) >= 11 is 1.68. The van der Waals surface area contributed by atoms with Crippen LogP contribution in [0.25, 0.3) is 0 Å². The van der Waals surface area contributed by atoms with Crippen LogP contribution in [0, 0.1) is 0 Å². The Morgan fingerprint density at radius 2 is 1.67 bits per heavy atom. The molecule has 0 saturated carbocycles. The standard InChI is InChI=1S/C17H21NO2S/c1-21-17-5-3-2-4-16(17)20-13-12-19-15-8-6-14(7-9-15)10-11-18/h2-9H,10-13,18H2,1H3. The van der Waals surface area contributed by atoms with Crippen LogP contribution < -0.4 is 15.2 Å². The first-order chi connectivity index (χ1) is 10.3. The van der Waals surface area contributed by atoms with E-state index < -0.39 is 0 Å². The van der Waals surface area contributed by atoms with Crippen molar-refractivity contribution in [2.24, 2.45) is 5.73 Å². The highest BCUT2D eigenvalue weighted by atomic mass is 32.2. The molecule has 0 aliphatic rings. The summed E-state index contributed by atoms with van der Waals surface area (Å²) in [5.41, 5.74) is 6.76. The molecule has 4 heteroatoms. The number of ether oxygens (including phenoxy) is 2. The number of hydrogen-bond donors (Lipinski definition) is 1. The van der Waals surface area contributed by atoms with Gasteiger partial charge in [0.1, 0.15) is 24.7 Å². The largest absolute Gasteiger partial charge is 0.490 e. The Morgan fingerprint density at radius 3 is 2.38 bits per heavy atom. The predicted octanol–water partition coefficient (Wildman–Crippen LogP) is 3.37. The number of benzene rings is 2. The topological polar surface area (TPSA) is 44.5 Å². The van der Waals surface area contributed by atoms with Crippen LogP contribution in [0.2, 0.25) is 0 Å². The Balaban J connectivity index is 1.76. The minimum atomic E-state index is 0.527. The molecule has 0 atom stereocenters. The zero-order valence-electron chi connectivity index (χ0n) is 12.2. The Bertz CT molecular complexity index is 543. The fourth-order valence-electron chi connectivity index (χ4n) is 1.97. The highest BCUT2D eigenvalue weighted by Gasteiger charge is 2.01. The molecule has 2 aromatic rings. The van der Waals surface area contributed by atoms with Crippen molar-refractivity contribution in [3.8, 4) is 11.5 Å². The van der Waals surface area contributed by atoms with Gasteiger partial charge in [0, 0.05) is 4.90 Å². The Morgan fingerprint density at radius 1 is 0.952 bits per heavy atom. The van der Waals surface area contributed by atoms with Gasteiger partial charge in [-0.3, -0.25) is 0 Å². The number of thioether (sulfide) groups is 1. The summed E-state index contributed by atoms with van der Waals surface area (Å²) in [6.07, 6.45) is 2.94. The summed E-state index contributed by atoms with van der Waals surface area (Å²) in [6, 6.07) is 16.1. The molecule has 0 fully saturated rings. The van der Waals surface area contributed by atoms with E-state index in [-0.39, 0.29) is 0 Å². The molecule has 2 rings (SSSR count). The lowest BCUT2D eigenvalue weighted by Gasteiger charge is -2.11. The van der Waals surface area contributed by atoms with Crippen molar-refractivity contribution in [1.82, 2.24) is 0 Å².